The van der Waals surface area contributed by atoms with Gasteiger partial charge in [-0.05, 0) is 27.7 Å². The van der Waals surface area contributed by atoms with E-state index in [9.17, 15) is 9.90 Å². The number of anilines is 2. The summed E-state index contributed by atoms with van der Waals surface area (Å²) >= 11 is 1.29. The van der Waals surface area contributed by atoms with Gasteiger partial charge in [0, 0.05) is 26.7 Å². The molecule has 0 aliphatic rings. The van der Waals surface area contributed by atoms with Crippen molar-refractivity contribution < 1.29 is 9.90 Å². The molecular weight excluding hydrogens is 276 g/mol. The fourth-order valence-electron chi connectivity index (χ4n) is 1.71. The SMILES string of the molecule is CCN(CC(C)(C)O)C(=O)c1sc(N(C)CC)nc1N. The molecule has 7 heteroatoms. The summed E-state index contributed by atoms with van der Waals surface area (Å²) in [6, 6.07) is 0. The second-order valence-electron chi connectivity index (χ2n) is 5.36. The standard InChI is InChI=1S/C13H24N4O2S/c1-6-16(5)12-15-10(14)9(20-12)11(18)17(7-2)8-13(3,4)19/h19H,6-8,14H2,1-5H3. The normalized spacial score (nSPS) is 11.5. The van der Waals surface area contributed by atoms with Gasteiger partial charge in [-0.2, -0.15) is 0 Å². The van der Waals surface area contributed by atoms with Crippen LogP contribution in [0.1, 0.15) is 37.4 Å². The van der Waals surface area contributed by atoms with E-state index in [0.29, 0.717) is 11.4 Å². The molecule has 0 aliphatic carbocycles. The van der Waals surface area contributed by atoms with Crippen LogP contribution in [0.4, 0.5) is 10.9 Å². The van der Waals surface area contributed by atoms with Crippen LogP contribution in [0.5, 0.6) is 0 Å². The first-order valence-electron chi connectivity index (χ1n) is 6.68. The van der Waals surface area contributed by atoms with Gasteiger partial charge in [-0.25, -0.2) is 4.98 Å². The number of nitrogen functional groups attached to an aromatic ring is 1. The van der Waals surface area contributed by atoms with Crippen molar-refractivity contribution in [3.63, 3.8) is 0 Å². The van der Waals surface area contributed by atoms with E-state index in [1.54, 1.807) is 18.7 Å². The van der Waals surface area contributed by atoms with Crippen LogP contribution in [-0.2, 0) is 0 Å². The molecule has 0 spiro atoms. The Morgan fingerprint density at radius 3 is 2.45 bits per heavy atom. The molecule has 0 aliphatic heterocycles. The van der Waals surface area contributed by atoms with Crippen molar-refractivity contribution in [2.75, 3.05) is 37.3 Å². The van der Waals surface area contributed by atoms with Crippen molar-refractivity contribution in [2.45, 2.75) is 33.3 Å². The maximum absolute atomic E-state index is 12.5. The van der Waals surface area contributed by atoms with Crippen molar-refractivity contribution >= 4 is 28.2 Å². The molecule has 0 saturated heterocycles. The molecule has 0 aromatic carbocycles. The number of rotatable bonds is 6. The summed E-state index contributed by atoms with van der Waals surface area (Å²) in [6.45, 7) is 8.80. The summed E-state index contributed by atoms with van der Waals surface area (Å²) in [6.07, 6.45) is 0. The number of hydrogen-bond donors (Lipinski definition) is 2. The lowest BCUT2D eigenvalue weighted by atomic mass is 10.1. The minimum atomic E-state index is -0.936. The van der Waals surface area contributed by atoms with E-state index < -0.39 is 5.60 Å². The molecule has 0 atom stereocenters. The molecule has 1 heterocycles. The number of thiazole rings is 1. The van der Waals surface area contributed by atoms with Crippen LogP contribution >= 0.6 is 11.3 Å². The highest BCUT2D eigenvalue weighted by Crippen LogP contribution is 2.28. The number of aliphatic hydroxyl groups is 1. The number of nitrogens with zero attached hydrogens (tertiary/aromatic N) is 3. The van der Waals surface area contributed by atoms with Crippen LogP contribution in [0.15, 0.2) is 0 Å². The second-order valence-corrected chi connectivity index (χ2v) is 6.33. The number of carbonyl (C=O) groups excluding carboxylic acids is 1. The van der Waals surface area contributed by atoms with E-state index in [2.05, 4.69) is 4.98 Å². The fraction of sp³-hybridized carbons (Fsp3) is 0.692. The van der Waals surface area contributed by atoms with Crippen molar-refractivity contribution in [3.05, 3.63) is 4.88 Å². The number of aromatic nitrogens is 1. The molecule has 114 valence electrons. The first-order chi connectivity index (χ1) is 9.19. The Labute approximate surface area is 124 Å². The van der Waals surface area contributed by atoms with Gasteiger partial charge in [-0.15, -0.1) is 0 Å². The van der Waals surface area contributed by atoms with E-state index in [0.717, 1.165) is 11.7 Å². The zero-order chi connectivity index (χ0) is 15.5. The summed E-state index contributed by atoms with van der Waals surface area (Å²) in [4.78, 5) is 20.7. The Morgan fingerprint density at radius 2 is 2.00 bits per heavy atom. The molecule has 0 saturated carbocycles. The van der Waals surface area contributed by atoms with Gasteiger partial charge in [0.1, 0.15) is 10.7 Å². The Bertz CT molecular complexity index is 467. The Morgan fingerprint density at radius 1 is 1.40 bits per heavy atom. The van der Waals surface area contributed by atoms with Crippen LogP contribution < -0.4 is 10.6 Å². The van der Waals surface area contributed by atoms with Crippen LogP contribution in [-0.4, -0.2) is 53.2 Å². The lowest BCUT2D eigenvalue weighted by molar-refractivity contribution is 0.0317. The predicted molar refractivity (Wildman–Crippen MR) is 83.3 cm³/mol. The van der Waals surface area contributed by atoms with Gasteiger partial charge < -0.3 is 20.6 Å². The third-order valence-electron chi connectivity index (χ3n) is 2.88. The highest BCUT2D eigenvalue weighted by Gasteiger charge is 2.26. The molecule has 0 bridgehead atoms. The van der Waals surface area contributed by atoms with Crippen molar-refractivity contribution in [1.29, 1.82) is 0 Å². The van der Waals surface area contributed by atoms with Gasteiger partial charge in [0.2, 0.25) is 0 Å². The summed E-state index contributed by atoms with van der Waals surface area (Å²) in [5.74, 6) is 0.0740. The number of hydrogen-bond acceptors (Lipinski definition) is 6. The number of amides is 1. The molecule has 0 radical (unpaired) electrons. The fourth-order valence-corrected chi connectivity index (χ4v) is 2.69. The highest BCUT2D eigenvalue weighted by atomic mass is 32.1. The average Bonchev–Trinajstić information content (AvgIpc) is 2.75. The molecule has 6 nitrogen and oxygen atoms in total. The van der Waals surface area contributed by atoms with Gasteiger partial charge >= 0.3 is 0 Å². The summed E-state index contributed by atoms with van der Waals surface area (Å²) in [5, 5.41) is 10.6. The van der Waals surface area contributed by atoms with E-state index >= 15 is 0 Å². The largest absolute Gasteiger partial charge is 0.389 e. The summed E-state index contributed by atoms with van der Waals surface area (Å²) in [7, 11) is 1.90. The van der Waals surface area contributed by atoms with Crippen LogP contribution in [0.3, 0.4) is 0 Å². The van der Waals surface area contributed by atoms with Crippen molar-refractivity contribution in [2.24, 2.45) is 0 Å². The predicted octanol–water partition coefficient (Wildman–Crippen LogP) is 1.41. The third kappa shape index (κ3) is 4.08. The van der Waals surface area contributed by atoms with Gasteiger partial charge in [0.25, 0.3) is 5.91 Å². The van der Waals surface area contributed by atoms with Crippen LogP contribution in [0.25, 0.3) is 0 Å². The molecule has 1 amide bonds. The minimum Gasteiger partial charge on any atom is -0.389 e. The number of nitrogens with two attached hydrogens (primary N) is 1. The van der Waals surface area contributed by atoms with Gasteiger partial charge in [0.15, 0.2) is 5.13 Å². The van der Waals surface area contributed by atoms with Crippen molar-refractivity contribution in [3.8, 4) is 0 Å². The van der Waals surface area contributed by atoms with E-state index in [4.69, 9.17) is 5.73 Å². The Kier molecular flexibility index (Phi) is 5.35. The molecule has 0 unspecified atom stereocenters. The van der Waals surface area contributed by atoms with Gasteiger partial charge in [0.05, 0.1) is 5.60 Å². The minimum absolute atomic E-state index is 0.180. The van der Waals surface area contributed by atoms with E-state index in [1.807, 2.05) is 25.8 Å². The lowest BCUT2D eigenvalue weighted by Crippen LogP contribution is -2.42. The van der Waals surface area contributed by atoms with Gasteiger partial charge in [-0.1, -0.05) is 11.3 Å². The second kappa shape index (κ2) is 6.41. The summed E-state index contributed by atoms with van der Waals surface area (Å²) < 4.78 is 0. The molecular formula is C13H24N4O2S. The quantitative estimate of drug-likeness (QED) is 0.830. The van der Waals surface area contributed by atoms with Gasteiger partial charge in [-0.3, -0.25) is 4.79 Å². The Balaban J connectivity index is 2.98. The smallest absolute Gasteiger partial charge is 0.267 e. The van der Waals surface area contributed by atoms with Crippen LogP contribution in [0, 0.1) is 0 Å². The average molecular weight is 300 g/mol. The molecule has 1 aromatic rings. The summed E-state index contributed by atoms with van der Waals surface area (Å²) in [5.41, 5.74) is 4.92. The lowest BCUT2D eigenvalue weighted by Gasteiger charge is -2.27. The zero-order valence-electron chi connectivity index (χ0n) is 12.8. The van der Waals surface area contributed by atoms with Crippen LogP contribution in [0.2, 0.25) is 0 Å². The van der Waals surface area contributed by atoms with E-state index in [1.165, 1.54) is 11.3 Å². The van der Waals surface area contributed by atoms with E-state index in [-0.39, 0.29) is 18.3 Å². The third-order valence-corrected chi connectivity index (χ3v) is 4.06. The molecule has 20 heavy (non-hydrogen) atoms. The maximum Gasteiger partial charge on any atom is 0.267 e. The Hall–Kier alpha value is -1.34. The number of carbonyl (C=O) groups is 1. The molecule has 1 aromatic heterocycles. The first-order valence-corrected chi connectivity index (χ1v) is 7.50. The molecule has 3 N–H and O–H groups in total. The topological polar surface area (TPSA) is 82.7 Å². The zero-order valence-corrected chi connectivity index (χ0v) is 13.6. The monoisotopic (exact) mass is 300 g/mol. The maximum atomic E-state index is 12.5. The van der Waals surface area contributed by atoms with Crippen molar-refractivity contribution in [1.82, 2.24) is 9.88 Å². The molecule has 1 rings (SSSR count). The number of likely N-dealkylation sites (N-methyl/N-ethyl adjacent to an activating group) is 1. The highest BCUT2D eigenvalue weighted by molar-refractivity contribution is 7.18. The first kappa shape index (κ1) is 16.7. The molecule has 0 fully saturated rings.